The highest BCUT2D eigenvalue weighted by molar-refractivity contribution is 5.96. The predicted octanol–water partition coefficient (Wildman–Crippen LogP) is 6.42. The summed E-state index contributed by atoms with van der Waals surface area (Å²) < 4.78 is 16.5. The molecule has 0 amide bonds. The van der Waals surface area contributed by atoms with E-state index >= 15 is 0 Å². The first-order chi connectivity index (χ1) is 18.9. The van der Waals surface area contributed by atoms with Gasteiger partial charge >= 0.3 is 0 Å². The summed E-state index contributed by atoms with van der Waals surface area (Å²) in [5.74, 6) is 2.14. The second-order valence-corrected chi connectivity index (χ2v) is 11.0. The standard InChI is InChI=1S/C32H43NO6.CH4/c1-22-9-10-23(2)33(22)21-26(32(36)25-13-16-30-31(20-25)39-18-17-38-30)19-27(34)7-5-4-6-8-29(35)24-11-14-28(37-3)15-12-24;/h11-16,20,22-23,26,32,36H,4-10,17-19,21H2,1-3H3;1H4/t22-,23-,26?,32-;/m1./s1. The van der Waals surface area contributed by atoms with Crippen LogP contribution < -0.4 is 14.2 Å². The van der Waals surface area contributed by atoms with E-state index < -0.39 is 6.10 Å². The van der Waals surface area contributed by atoms with E-state index in [4.69, 9.17) is 14.2 Å². The van der Waals surface area contributed by atoms with Crippen LogP contribution in [0.15, 0.2) is 42.5 Å². The Kier molecular flexibility index (Phi) is 12.0. The van der Waals surface area contributed by atoms with E-state index in [9.17, 15) is 14.7 Å². The molecule has 0 saturated carbocycles. The number of fused-ring (bicyclic) bond motifs is 1. The van der Waals surface area contributed by atoms with Crippen LogP contribution in [0.3, 0.4) is 0 Å². The third-order valence-electron chi connectivity index (χ3n) is 8.20. The summed E-state index contributed by atoms with van der Waals surface area (Å²) in [5, 5.41) is 11.5. The summed E-state index contributed by atoms with van der Waals surface area (Å²) >= 11 is 0. The first-order valence-electron chi connectivity index (χ1n) is 14.4. The number of likely N-dealkylation sites (tertiary alicyclic amines) is 1. The molecule has 2 heterocycles. The number of ketones is 2. The van der Waals surface area contributed by atoms with Gasteiger partial charge in [0, 0.05) is 49.4 Å². The minimum absolute atomic E-state index is 0. The average Bonchev–Trinajstić information content (AvgIpc) is 3.28. The molecule has 0 aromatic heterocycles. The van der Waals surface area contributed by atoms with Gasteiger partial charge in [0.1, 0.15) is 24.7 Å². The SMILES string of the molecule is C.COc1ccc(C(=O)CCCCCC(=O)CC(CN2[C@H](C)CC[C@H]2C)[C@H](O)c2ccc3c(c2)OCCO3)cc1. The van der Waals surface area contributed by atoms with Crippen molar-refractivity contribution in [1.82, 2.24) is 4.90 Å². The van der Waals surface area contributed by atoms with Gasteiger partial charge in [0.15, 0.2) is 17.3 Å². The van der Waals surface area contributed by atoms with Crippen LogP contribution in [-0.2, 0) is 4.79 Å². The number of unbranched alkanes of at least 4 members (excludes halogenated alkanes) is 2. The van der Waals surface area contributed by atoms with E-state index in [-0.39, 0.29) is 24.9 Å². The van der Waals surface area contributed by atoms with E-state index in [1.54, 1.807) is 31.4 Å². The number of aliphatic hydroxyl groups is 1. The number of methoxy groups -OCH3 is 1. The first-order valence-corrected chi connectivity index (χ1v) is 14.4. The van der Waals surface area contributed by atoms with Crippen LogP contribution in [0.25, 0.3) is 0 Å². The van der Waals surface area contributed by atoms with Gasteiger partial charge in [0.2, 0.25) is 0 Å². The minimum atomic E-state index is -0.771. The van der Waals surface area contributed by atoms with Crippen LogP contribution >= 0.6 is 0 Å². The molecule has 1 unspecified atom stereocenters. The van der Waals surface area contributed by atoms with Crippen LogP contribution in [0.2, 0.25) is 0 Å². The molecule has 2 aliphatic rings. The molecule has 2 aromatic rings. The number of benzene rings is 2. The molecule has 2 aliphatic heterocycles. The molecule has 0 aliphatic carbocycles. The van der Waals surface area contributed by atoms with E-state index in [2.05, 4.69) is 18.7 Å². The molecule has 0 bridgehead atoms. The largest absolute Gasteiger partial charge is 0.497 e. The molecule has 1 N–H and O–H groups in total. The van der Waals surface area contributed by atoms with Crippen molar-refractivity contribution in [2.24, 2.45) is 5.92 Å². The zero-order valence-electron chi connectivity index (χ0n) is 23.6. The van der Waals surface area contributed by atoms with Crippen molar-refractivity contribution in [3.05, 3.63) is 53.6 Å². The number of nitrogens with zero attached hydrogens (tertiary/aromatic N) is 1. The van der Waals surface area contributed by atoms with Crippen molar-refractivity contribution in [3.63, 3.8) is 0 Å². The molecule has 1 fully saturated rings. The number of aliphatic hydroxyl groups excluding tert-OH is 1. The monoisotopic (exact) mass is 553 g/mol. The van der Waals surface area contributed by atoms with Crippen molar-refractivity contribution in [1.29, 1.82) is 0 Å². The van der Waals surface area contributed by atoms with Crippen LogP contribution in [0.5, 0.6) is 17.2 Å². The fourth-order valence-electron chi connectivity index (χ4n) is 5.77. The summed E-state index contributed by atoms with van der Waals surface area (Å²) in [7, 11) is 1.60. The third kappa shape index (κ3) is 8.31. The fourth-order valence-corrected chi connectivity index (χ4v) is 5.77. The summed E-state index contributed by atoms with van der Waals surface area (Å²) in [4.78, 5) is 28.0. The Morgan fingerprint density at radius 3 is 2.27 bits per heavy atom. The predicted molar refractivity (Wildman–Crippen MR) is 158 cm³/mol. The molecule has 0 spiro atoms. The number of ether oxygens (including phenoxy) is 3. The molecule has 4 rings (SSSR count). The minimum Gasteiger partial charge on any atom is -0.497 e. The maximum Gasteiger partial charge on any atom is 0.162 e. The highest BCUT2D eigenvalue weighted by atomic mass is 16.6. The maximum atomic E-state index is 13.1. The van der Waals surface area contributed by atoms with E-state index in [1.165, 1.54) is 0 Å². The second-order valence-electron chi connectivity index (χ2n) is 11.0. The lowest BCUT2D eigenvalue weighted by Gasteiger charge is -2.33. The number of hydrogen-bond donors (Lipinski definition) is 1. The Morgan fingerprint density at radius 2 is 1.60 bits per heavy atom. The van der Waals surface area contributed by atoms with Crippen molar-refractivity contribution in [2.75, 3.05) is 26.9 Å². The highest BCUT2D eigenvalue weighted by Gasteiger charge is 2.33. The first kappa shape index (κ1) is 31.6. The molecule has 7 nitrogen and oxygen atoms in total. The van der Waals surface area contributed by atoms with E-state index in [0.29, 0.717) is 68.2 Å². The summed E-state index contributed by atoms with van der Waals surface area (Å²) in [6.45, 7) is 6.15. The summed E-state index contributed by atoms with van der Waals surface area (Å²) in [5.41, 5.74) is 1.45. The molecule has 1 saturated heterocycles. The molecular formula is C33H47NO6. The highest BCUT2D eigenvalue weighted by Crippen LogP contribution is 2.37. The van der Waals surface area contributed by atoms with Gasteiger partial charge < -0.3 is 19.3 Å². The van der Waals surface area contributed by atoms with Gasteiger partial charge in [0.05, 0.1) is 13.2 Å². The van der Waals surface area contributed by atoms with Gasteiger partial charge in [-0.25, -0.2) is 0 Å². The normalized spacial score (nSPS) is 19.9. The molecule has 0 radical (unpaired) electrons. The van der Waals surface area contributed by atoms with Gasteiger partial charge in [-0.15, -0.1) is 0 Å². The third-order valence-corrected chi connectivity index (χ3v) is 8.20. The van der Waals surface area contributed by atoms with E-state index in [1.807, 2.05) is 18.2 Å². The lowest BCUT2D eigenvalue weighted by atomic mass is 9.88. The number of hydrogen-bond acceptors (Lipinski definition) is 7. The Hall–Kier alpha value is -2.90. The van der Waals surface area contributed by atoms with Crippen molar-refractivity contribution >= 4 is 11.6 Å². The quantitative estimate of drug-likeness (QED) is 0.213. The van der Waals surface area contributed by atoms with Crippen LogP contribution in [0.4, 0.5) is 0 Å². The van der Waals surface area contributed by atoms with Gasteiger partial charge in [-0.05, 0) is 81.5 Å². The topological polar surface area (TPSA) is 85.3 Å². The number of rotatable bonds is 14. The van der Waals surface area contributed by atoms with Gasteiger partial charge in [0.25, 0.3) is 0 Å². The van der Waals surface area contributed by atoms with Gasteiger partial charge in [-0.2, -0.15) is 0 Å². The fraction of sp³-hybridized carbons (Fsp3) is 0.576. The number of Topliss-reactive ketones (excluding diaryl/α,β-unsaturated/α-hetero) is 2. The second kappa shape index (κ2) is 15.2. The lowest BCUT2D eigenvalue weighted by Crippen LogP contribution is -2.39. The van der Waals surface area contributed by atoms with Gasteiger partial charge in [-0.1, -0.05) is 19.9 Å². The zero-order valence-corrected chi connectivity index (χ0v) is 23.6. The molecule has 40 heavy (non-hydrogen) atoms. The van der Waals surface area contributed by atoms with E-state index in [0.717, 1.165) is 43.4 Å². The maximum absolute atomic E-state index is 13.1. The molecular weight excluding hydrogens is 506 g/mol. The van der Waals surface area contributed by atoms with Crippen LogP contribution in [0.1, 0.15) is 94.7 Å². The summed E-state index contributed by atoms with van der Waals surface area (Å²) in [6.07, 6.45) is 5.09. The van der Waals surface area contributed by atoms with Crippen molar-refractivity contribution in [3.8, 4) is 17.2 Å². The Morgan fingerprint density at radius 1 is 0.950 bits per heavy atom. The number of carbonyl (C=O) groups is 2. The molecule has 2 aromatic carbocycles. The Balaban J connectivity index is 0.00000441. The van der Waals surface area contributed by atoms with Crippen molar-refractivity contribution < 1.29 is 28.9 Å². The smallest absolute Gasteiger partial charge is 0.162 e. The average molecular weight is 554 g/mol. The van der Waals surface area contributed by atoms with Crippen molar-refractivity contribution in [2.45, 2.75) is 90.8 Å². The zero-order chi connectivity index (χ0) is 27.8. The Bertz CT molecular complexity index is 1090. The lowest BCUT2D eigenvalue weighted by molar-refractivity contribution is -0.121. The molecule has 4 atom stereocenters. The molecule has 7 heteroatoms. The molecule has 220 valence electrons. The number of carbonyl (C=O) groups excluding carboxylic acids is 2. The van der Waals surface area contributed by atoms with Crippen LogP contribution in [-0.4, -0.2) is 60.5 Å². The van der Waals surface area contributed by atoms with Gasteiger partial charge in [-0.3, -0.25) is 14.5 Å². The Labute approximate surface area is 239 Å². The van der Waals surface area contributed by atoms with Crippen LogP contribution in [0, 0.1) is 5.92 Å². The summed E-state index contributed by atoms with van der Waals surface area (Å²) in [6, 6.07) is 13.6.